The van der Waals surface area contributed by atoms with Gasteiger partial charge in [0.15, 0.2) is 5.75 Å². The van der Waals surface area contributed by atoms with E-state index in [1.807, 2.05) is 13.0 Å². The van der Waals surface area contributed by atoms with Gasteiger partial charge in [0, 0.05) is 6.07 Å². The highest BCUT2D eigenvalue weighted by Crippen LogP contribution is 2.30. The van der Waals surface area contributed by atoms with Gasteiger partial charge in [0.1, 0.15) is 11.6 Å². The van der Waals surface area contributed by atoms with E-state index in [1.54, 1.807) is 18.2 Å². The molecule has 0 aliphatic carbocycles. The highest BCUT2D eigenvalue weighted by molar-refractivity contribution is 5.55. The topological polar surface area (TPSA) is 59.0 Å². The summed E-state index contributed by atoms with van der Waals surface area (Å²) in [5.74, 6) is 0.313. The van der Waals surface area contributed by atoms with Gasteiger partial charge in [0.2, 0.25) is 0 Å². The van der Waals surface area contributed by atoms with Crippen LogP contribution < -0.4 is 10.5 Å². The molecule has 4 heteroatoms. The van der Waals surface area contributed by atoms with Gasteiger partial charge < -0.3 is 10.5 Å². The minimum absolute atomic E-state index is 0.244. The number of nitrogens with zero attached hydrogens (tertiary/aromatic N) is 1. The number of nitrogens with two attached hydrogens (primary N) is 1. The number of anilines is 1. The number of aryl methyl sites for hydroxylation is 1. The average Bonchev–Trinajstić information content (AvgIpc) is 2.36. The predicted molar refractivity (Wildman–Crippen MR) is 66.8 cm³/mol. The Hall–Kier alpha value is -2.54. The van der Waals surface area contributed by atoms with Crippen LogP contribution >= 0.6 is 0 Å². The van der Waals surface area contributed by atoms with Crippen LogP contribution in [0.4, 0.5) is 10.1 Å². The van der Waals surface area contributed by atoms with Crippen LogP contribution in [-0.4, -0.2) is 0 Å². The molecule has 0 aliphatic rings. The first-order chi connectivity index (χ1) is 8.60. The summed E-state index contributed by atoms with van der Waals surface area (Å²) >= 11 is 0. The maximum atomic E-state index is 13.1. The number of benzene rings is 2. The van der Waals surface area contributed by atoms with Crippen LogP contribution in [0.5, 0.6) is 11.5 Å². The Morgan fingerprint density at radius 2 is 1.94 bits per heavy atom. The summed E-state index contributed by atoms with van der Waals surface area (Å²) < 4.78 is 18.7. The molecule has 2 N–H and O–H groups in total. The summed E-state index contributed by atoms with van der Waals surface area (Å²) in [6, 6.07) is 11.0. The monoisotopic (exact) mass is 242 g/mol. The molecule has 0 unspecified atom stereocenters. The second kappa shape index (κ2) is 4.76. The normalized spacial score (nSPS) is 9.83. The van der Waals surface area contributed by atoms with E-state index in [1.165, 1.54) is 18.2 Å². The van der Waals surface area contributed by atoms with Crippen LogP contribution in [0.25, 0.3) is 0 Å². The molecule has 0 aromatic heterocycles. The average molecular weight is 242 g/mol. The first-order valence-corrected chi connectivity index (χ1v) is 5.34. The van der Waals surface area contributed by atoms with E-state index in [0.717, 1.165) is 5.56 Å². The minimum Gasteiger partial charge on any atom is -0.455 e. The van der Waals surface area contributed by atoms with E-state index in [4.69, 9.17) is 15.7 Å². The fourth-order valence-corrected chi connectivity index (χ4v) is 1.49. The van der Waals surface area contributed by atoms with Crippen molar-refractivity contribution < 1.29 is 9.13 Å². The molecule has 0 amide bonds. The molecular formula is C14H11FN2O. The fraction of sp³-hybridized carbons (Fsp3) is 0.0714. The molecule has 2 aromatic carbocycles. The predicted octanol–water partition coefficient (Wildman–Crippen LogP) is 3.38. The Balaban J connectivity index is 2.39. The van der Waals surface area contributed by atoms with Crippen molar-refractivity contribution in [3.8, 4) is 17.6 Å². The largest absolute Gasteiger partial charge is 0.455 e. The zero-order chi connectivity index (χ0) is 13.1. The summed E-state index contributed by atoms with van der Waals surface area (Å²) in [6.45, 7) is 1.84. The number of nitriles is 1. The highest BCUT2D eigenvalue weighted by atomic mass is 19.1. The van der Waals surface area contributed by atoms with Crippen molar-refractivity contribution in [1.29, 1.82) is 5.26 Å². The second-order valence-corrected chi connectivity index (χ2v) is 3.88. The Morgan fingerprint density at radius 3 is 2.67 bits per heavy atom. The van der Waals surface area contributed by atoms with Gasteiger partial charge in [-0.05, 0) is 36.8 Å². The van der Waals surface area contributed by atoms with Gasteiger partial charge in [-0.1, -0.05) is 6.07 Å². The molecule has 3 nitrogen and oxygen atoms in total. The van der Waals surface area contributed by atoms with E-state index < -0.39 is 5.82 Å². The molecule has 2 aromatic rings. The second-order valence-electron chi connectivity index (χ2n) is 3.88. The smallest absolute Gasteiger partial charge is 0.153 e. The zero-order valence-electron chi connectivity index (χ0n) is 9.77. The lowest BCUT2D eigenvalue weighted by atomic mass is 10.1. The van der Waals surface area contributed by atoms with Crippen molar-refractivity contribution in [2.45, 2.75) is 6.92 Å². The quantitative estimate of drug-likeness (QED) is 0.821. The summed E-state index contributed by atoms with van der Waals surface area (Å²) in [7, 11) is 0. The van der Waals surface area contributed by atoms with Gasteiger partial charge in [-0.25, -0.2) is 4.39 Å². The Labute approximate surface area is 104 Å². The molecule has 18 heavy (non-hydrogen) atoms. The zero-order valence-corrected chi connectivity index (χ0v) is 9.77. The van der Waals surface area contributed by atoms with Gasteiger partial charge in [-0.2, -0.15) is 5.26 Å². The van der Waals surface area contributed by atoms with Crippen LogP contribution in [0.1, 0.15) is 11.1 Å². The molecule has 0 spiro atoms. The first-order valence-electron chi connectivity index (χ1n) is 5.34. The van der Waals surface area contributed by atoms with Crippen molar-refractivity contribution in [3.05, 3.63) is 53.3 Å². The molecule has 0 bridgehead atoms. The van der Waals surface area contributed by atoms with Crippen molar-refractivity contribution in [2.24, 2.45) is 0 Å². The molecule has 0 aliphatic heterocycles. The third kappa shape index (κ3) is 2.41. The third-order valence-corrected chi connectivity index (χ3v) is 2.51. The van der Waals surface area contributed by atoms with Crippen LogP contribution in [0.3, 0.4) is 0 Å². The Morgan fingerprint density at radius 1 is 1.17 bits per heavy atom. The van der Waals surface area contributed by atoms with Crippen molar-refractivity contribution >= 4 is 5.69 Å². The van der Waals surface area contributed by atoms with Crippen molar-refractivity contribution in [2.75, 3.05) is 5.73 Å². The first kappa shape index (κ1) is 11.9. The van der Waals surface area contributed by atoms with Crippen LogP contribution in [-0.2, 0) is 0 Å². The molecule has 0 fully saturated rings. The van der Waals surface area contributed by atoms with Crippen molar-refractivity contribution in [1.82, 2.24) is 0 Å². The van der Waals surface area contributed by atoms with Crippen LogP contribution in [0.2, 0.25) is 0 Å². The lowest BCUT2D eigenvalue weighted by Gasteiger charge is -2.11. The van der Waals surface area contributed by atoms with E-state index in [-0.39, 0.29) is 5.75 Å². The van der Waals surface area contributed by atoms with Gasteiger partial charge in [0.05, 0.1) is 17.3 Å². The molecule has 2 rings (SSSR count). The standard InChI is InChI=1S/C14H11FN2O/c1-9-2-3-10(8-16)6-13(9)18-14-7-11(15)4-5-12(14)17/h2-7H,17H2,1H3. The summed E-state index contributed by atoms with van der Waals surface area (Å²) in [5, 5.41) is 8.83. The lowest BCUT2D eigenvalue weighted by molar-refractivity contribution is 0.475. The summed E-state index contributed by atoms with van der Waals surface area (Å²) in [6.07, 6.45) is 0. The number of halogens is 1. The van der Waals surface area contributed by atoms with Gasteiger partial charge in [0.25, 0.3) is 0 Å². The molecule has 0 radical (unpaired) electrons. The van der Waals surface area contributed by atoms with Gasteiger partial charge in [-0.3, -0.25) is 0 Å². The molecule has 0 saturated carbocycles. The number of nitrogen functional groups attached to an aromatic ring is 1. The Bertz CT molecular complexity index is 632. The van der Waals surface area contributed by atoms with E-state index in [0.29, 0.717) is 17.0 Å². The minimum atomic E-state index is -0.423. The van der Waals surface area contributed by atoms with Gasteiger partial charge >= 0.3 is 0 Å². The number of ether oxygens (including phenoxy) is 1. The van der Waals surface area contributed by atoms with E-state index >= 15 is 0 Å². The molecular weight excluding hydrogens is 231 g/mol. The number of hydrogen-bond acceptors (Lipinski definition) is 3. The third-order valence-electron chi connectivity index (χ3n) is 2.51. The Kier molecular flexibility index (Phi) is 3.16. The fourth-order valence-electron chi connectivity index (χ4n) is 1.49. The molecule has 0 atom stereocenters. The summed E-state index contributed by atoms with van der Waals surface area (Å²) in [5.41, 5.74) is 7.37. The van der Waals surface area contributed by atoms with Gasteiger partial charge in [-0.15, -0.1) is 0 Å². The maximum absolute atomic E-state index is 13.1. The van der Waals surface area contributed by atoms with E-state index in [2.05, 4.69) is 0 Å². The SMILES string of the molecule is Cc1ccc(C#N)cc1Oc1cc(F)ccc1N. The highest BCUT2D eigenvalue weighted by Gasteiger charge is 2.07. The van der Waals surface area contributed by atoms with E-state index in [9.17, 15) is 4.39 Å². The van der Waals surface area contributed by atoms with Crippen LogP contribution in [0, 0.1) is 24.1 Å². The lowest BCUT2D eigenvalue weighted by Crippen LogP contribution is -1.94. The molecule has 0 saturated heterocycles. The number of rotatable bonds is 2. The maximum Gasteiger partial charge on any atom is 0.153 e. The van der Waals surface area contributed by atoms with Crippen molar-refractivity contribution in [3.63, 3.8) is 0 Å². The van der Waals surface area contributed by atoms with Crippen LogP contribution in [0.15, 0.2) is 36.4 Å². The summed E-state index contributed by atoms with van der Waals surface area (Å²) in [4.78, 5) is 0. The number of hydrogen-bond donors (Lipinski definition) is 1. The molecule has 90 valence electrons. The molecule has 0 heterocycles.